The zero-order chi connectivity index (χ0) is 9.61. The second-order valence-corrected chi connectivity index (χ2v) is 9.86. The molecule has 0 saturated heterocycles. The van der Waals surface area contributed by atoms with Gasteiger partial charge >= 0.3 is 0 Å². The van der Waals surface area contributed by atoms with Gasteiger partial charge in [-0.2, -0.15) is 0 Å². The highest BCUT2D eigenvalue weighted by molar-refractivity contribution is 6.76. The third kappa shape index (κ3) is 6.34. The van der Waals surface area contributed by atoms with Crippen molar-refractivity contribution in [1.29, 1.82) is 0 Å². The minimum atomic E-state index is -0.975. The molecule has 0 atom stereocenters. The highest BCUT2D eigenvalue weighted by Crippen LogP contribution is 2.19. The van der Waals surface area contributed by atoms with E-state index in [4.69, 9.17) is 0 Å². The van der Waals surface area contributed by atoms with Crippen molar-refractivity contribution in [2.45, 2.75) is 45.5 Å². The topological polar surface area (TPSA) is 17.1 Å². The van der Waals surface area contributed by atoms with Crippen LogP contribution in [0.25, 0.3) is 0 Å². The van der Waals surface area contributed by atoms with Gasteiger partial charge in [0.15, 0.2) is 0 Å². The van der Waals surface area contributed by atoms with Crippen LogP contribution in [0.4, 0.5) is 0 Å². The van der Waals surface area contributed by atoms with Gasteiger partial charge in [-0.1, -0.05) is 31.3 Å². The Hall–Kier alpha value is -0.373. The van der Waals surface area contributed by atoms with Crippen LogP contribution < -0.4 is 0 Å². The summed E-state index contributed by atoms with van der Waals surface area (Å²) in [7, 11) is -0.975. The van der Waals surface area contributed by atoms with Crippen LogP contribution in [0.15, 0.2) is 11.6 Å². The summed E-state index contributed by atoms with van der Waals surface area (Å²) in [6, 6.07) is 1.23. The van der Waals surface area contributed by atoms with E-state index in [1.807, 2.05) is 0 Å². The molecule has 0 amide bonds. The fourth-order valence-electron chi connectivity index (χ4n) is 1.26. The molecule has 0 spiro atoms. The second-order valence-electron chi connectivity index (χ2n) is 4.39. The lowest BCUT2D eigenvalue weighted by molar-refractivity contribution is -0.107. The van der Waals surface area contributed by atoms with E-state index in [1.165, 1.54) is 11.6 Å². The van der Waals surface area contributed by atoms with Crippen molar-refractivity contribution >= 4 is 14.4 Å². The number of rotatable bonds is 5. The van der Waals surface area contributed by atoms with E-state index in [0.717, 1.165) is 12.7 Å². The highest BCUT2D eigenvalue weighted by Gasteiger charge is 2.14. The van der Waals surface area contributed by atoms with Crippen LogP contribution in [-0.4, -0.2) is 14.4 Å². The molecule has 70 valence electrons. The maximum absolute atomic E-state index is 10.2. The summed E-state index contributed by atoms with van der Waals surface area (Å²) in [4.78, 5) is 10.2. The first kappa shape index (κ1) is 11.6. The van der Waals surface area contributed by atoms with Crippen molar-refractivity contribution in [3.63, 3.8) is 0 Å². The molecule has 0 fully saturated rings. The highest BCUT2D eigenvalue weighted by atomic mass is 28.3. The number of allylic oxidation sites excluding steroid dienone is 2. The number of carbonyl (C=O) groups excluding carboxylic acids is 1. The van der Waals surface area contributed by atoms with Crippen LogP contribution in [0.2, 0.25) is 25.7 Å². The Bertz CT molecular complexity index is 165. The second kappa shape index (κ2) is 5.30. The molecule has 0 aromatic carbocycles. The lowest BCUT2D eigenvalue weighted by Crippen LogP contribution is -2.19. The van der Waals surface area contributed by atoms with Gasteiger partial charge in [-0.25, -0.2) is 0 Å². The smallest absolute Gasteiger partial charge is 0.120 e. The van der Waals surface area contributed by atoms with Crippen LogP contribution in [0, 0.1) is 0 Å². The molecule has 0 radical (unpaired) electrons. The van der Waals surface area contributed by atoms with Gasteiger partial charge in [0, 0.05) is 14.5 Å². The summed E-state index contributed by atoms with van der Waals surface area (Å²) in [5.74, 6) is 0. The number of aldehydes is 1. The predicted octanol–water partition coefficient (Wildman–Crippen LogP) is 3.25. The van der Waals surface area contributed by atoms with E-state index in [1.54, 1.807) is 0 Å². The third-order valence-corrected chi connectivity index (χ3v) is 3.26. The summed E-state index contributed by atoms with van der Waals surface area (Å²) in [5.41, 5.74) is 1.46. The molecular formula is C10H20OSi. The molecular weight excluding hydrogens is 164 g/mol. The summed E-state index contributed by atoms with van der Waals surface area (Å²) in [6.07, 6.45) is 4.82. The fraction of sp³-hybridized carbons (Fsp3) is 0.700. The van der Waals surface area contributed by atoms with Crippen LogP contribution >= 0.6 is 0 Å². The molecule has 12 heavy (non-hydrogen) atoms. The molecule has 0 aliphatic heterocycles. The van der Waals surface area contributed by atoms with E-state index < -0.39 is 8.07 Å². The molecule has 1 nitrogen and oxygen atoms in total. The fourth-order valence-corrected chi connectivity index (χ4v) is 3.00. The molecule has 0 aromatic rings. The van der Waals surface area contributed by atoms with Crippen LogP contribution in [0.5, 0.6) is 0 Å². The van der Waals surface area contributed by atoms with E-state index >= 15 is 0 Å². The maximum atomic E-state index is 10.2. The minimum absolute atomic E-state index is 0.685. The molecule has 0 rings (SSSR count). The zero-order valence-electron chi connectivity index (χ0n) is 8.68. The van der Waals surface area contributed by atoms with Crippen molar-refractivity contribution in [2.75, 3.05) is 0 Å². The van der Waals surface area contributed by atoms with Gasteiger partial charge in [0.05, 0.1) is 0 Å². The average molecular weight is 184 g/mol. The Kier molecular flexibility index (Phi) is 5.14. The largest absolute Gasteiger partial charge is 0.303 e. The Balaban J connectivity index is 3.93. The third-order valence-electron chi connectivity index (χ3n) is 1.75. The van der Waals surface area contributed by atoms with Crippen molar-refractivity contribution in [3.8, 4) is 0 Å². The Labute approximate surface area is 76.9 Å². The van der Waals surface area contributed by atoms with Gasteiger partial charge in [-0.05, 0) is 19.4 Å². The molecule has 0 heterocycles. The molecule has 2 heteroatoms. The SMILES string of the molecule is C/C=C(/CCC=O)C[Si](C)(C)C. The monoisotopic (exact) mass is 184 g/mol. The first-order valence-electron chi connectivity index (χ1n) is 4.57. The van der Waals surface area contributed by atoms with Gasteiger partial charge in [0.25, 0.3) is 0 Å². The Morgan fingerprint density at radius 3 is 2.25 bits per heavy atom. The quantitative estimate of drug-likeness (QED) is 0.364. The number of hydrogen-bond acceptors (Lipinski definition) is 1. The van der Waals surface area contributed by atoms with E-state index in [2.05, 4.69) is 32.6 Å². The van der Waals surface area contributed by atoms with Crippen molar-refractivity contribution in [1.82, 2.24) is 0 Å². The van der Waals surface area contributed by atoms with Crippen molar-refractivity contribution < 1.29 is 4.79 Å². The molecule has 0 bridgehead atoms. The number of carbonyl (C=O) groups is 1. The lowest BCUT2D eigenvalue weighted by atomic mass is 10.2. The molecule has 0 aliphatic rings. The Morgan fingerprint density at radius 1 is 1.33 bits per heavy atom. The summed E-state index contributed by atoms with van der Waals surface area (Å²) in [6.45, 7) is 9.15. The van der Waals surface area contributed by atoms with E-state index in [-0.39, 0.29) is 0 Å². The van der Waals surface area contributed by atoms with Crippen LogP contribution in [0.3, 0.4) is 0 Å². The lowest BCUT2D eigenvalue weighted by Gasteiger charge is -2.17. The summed E-state index contributed by atoms with van der Waals surface area (Å²) in [5, 5.41) is 0. The molecule has 0 aliphatic carbocycles. The predicted molar refractivity (Wildman–Crippen MR) is 57.2 cm³/mol. The van der Waals surface area contributed by atoms with E-state index in [9.17, 15) is 4.79 Å². The Morgan fingerprint density at radius 2 is 1.92 bits per heavy atom. The standard InChI is InChI=1S/C10H20OSi/c1-5-10(7-6-8-11)9-12(2,3)4/h5,8H,6-7,9H2,1-4H3/b10-5-. The average Bonchev–Trinajstić information content (AvgIpc) is 1.95. The van der Waals surface area contributed by atoms with Gasteiger partial charge in [-0.3, -0.25) is 0 Å². The van der Waals surface area contributed by atoms with Gasteiger partial charge in [0.1, 0.15) is 6.29 Å². The van der Waals surface area contributed by atoms with Gasteiger partial charge in [-0.15, -0.1) is 0 Å². The first-order valence-corrected chi connectivity index (χ1v) is 8.28. The van der Waals surface area contributed by atoms with Gasteiger partial charge in [0.2, 0.25) is 0 Å². The minimum Gasteiger partial charge on any atom is -0.303 e. The summed E-state index contributed by atoms with van der Waals surface area (Å²) >= 11 is 0. The van der Waals surface area contributed by atoms with Crippen LogP contribution in [0.1, 0.15) is 19.8 Å². The van der Waals surface area contributed by atoms with Gasteiger partial charge < -0.3 is 4.79 Å². The van der Waals surface area contributed by atoms with Crippen LogP contribution in [-0.2, 0) is 4.79 Å². The van der Waals surface area contributed by atoms with Crippen molar-refractivity contribution in [2.24, 2.45) is 0 Å². The zero-order valence-corrected chi connectivity index (χ0v) is 9.68. The molecule has 0 N–H and O–H groups in total. The van der Waals surface area contributed by atoms with Crippen molar-refractivity contribution in [3.05, 3.63) is 11.6 Å². The van der Waals surface area contributed by atoms with E-state index in [0.29, 0.717) is 6.42 Å². The summed E-state index contributed by atoms with van der Waals surface area (Å²) < 4.78 is 0. The first-order chi connectivity index (χ1) is 5.49. The normalized spacial score (nSPS) is 13.2. The molecule has 0 saturated carbocycles. The molecule has 0 aromatic heterocycles. The molecule has 0 unspecified atom stereocenters. The maximum Gasteiger partial charge on any atom is 0.120 e. The number of hydrogen-bond donors (Lipinski definition) is 0.